The van der Waals surface area contributed by atoms with Crippen molar-refractivity contribution in [2.24, 2.45) is 5.10 Å². The Balaban J connectivity index is 1.89. The van der Waals surface area contributed by atoms with Crippen LogP contribution >= 0.6 is 11.6 Å². The van der Waals surface area contributed by atoms with Crippen molar-refractivity contribution in [3.63, 3.8) is 0 Å². The van der Waals surface area contributed by atoms with Gasteiger partial charge in [-0.2, -0.15) is 5.10 Å². The summed E-state index contributed by atoms with van der Waals surface area (Å²) < 4.78 is 0. The van der Waals surface area contributed by atoms with Crippen LogP contribution in [0.3, 0.4) is 0 Å². The van der Waals surface area contributed by atoms with Gasteiger partial charge >= 0.3 is 5.97 Å². The van der Waals surface area contributed by atoms with Crippen LogP contribution in [0.4, 0.5) is 0 Å². The molecular weight excluding hydrogens is 340 g/mol. The third kappa shape index (κ3) is 4.06. The average Bonchev–Trinajstić information content (AvgIpc) is 3.06. The molecule has 0 saturated heterocycles. The molecule has 128 valence electrons. The van der Waals surface area contributed by atoms with Gasteiger partial charge in [-0.15, -0.1) is 0 Å². The largest absolute Gasteiger partial charge is 0.481 e. The molecule has 6 heteroatoms. The molecule has 2 aromatic carbocycles. The lowest BCUT2D eigenvalue weighted by Gasteiger charge is -2.22. The van der Waals surface area contributed by atoms with Gasteiger partial charge in [0.2, 0.25) is 5.91 Å². The minimum Gasteiger partial charge on any atom is -0.481 e. The molecule has 0 radical (unpaired) electrons. The van der Waals surface area contributed by atoms with Gasteiger partial charge in [-0.3, -0.25) is 9.59 Å². The van der Waals surface area contributed by atoms with Crippen molar-refractivity contribution in [2.75, 3.05) is 0 Å². The van der Waals surface area contributed by atoms with Crippen LogP contribution in [0.5, 0.6) is 0 Å². The fraction of sp³-hybridized carbons (Fsp3) is 0.211. The van der Waals surface area contributed by atoms with Gasteiger partial charge in [-0.05, 0) is 23.3 Å². The van der Waals surface area contributed by atoms with Crippen LogP contribution in [0.2, 0.25) is 5.02 Å². The fourth-order valence-corrected chi connectivity index (χ4v) is 2.94. The summed E-state index contributed by atoms with van der Waals surface area (Å²) in [5.74, 6) is -1.30. The highest BCUT2D eigenvalue weighted by atomic mass is 35.5. The third-order valence-corrected chi connectivity index (χ3v) is 4.33. The zero-order valence-electron chi connectivity index (χ0n) is 13.4. The first kappa shape index (κ1) is 17.2. The van der Waals surface area contributed by atoms with E-state index in [-0.39, 0.29) is 24.8 Å². The van der Waals surface area contributed by atoms with Crippen LogP contribution < -0.4 is 0 Å². The molecule has 0 bridgehead atoms. The predicted molar refractivity (Wildman–Crippen MR) is 95.5 cm³/mol. The van der Waals surface area contributed by atoms with E-state index in [9.17, 15) is 9.59 Å². The van der Waals surface area contributed by atoms with Crippen LogP contribution in [0.25, 0.3) is 0 Å². The maximum absolute atomic E-state index is 12.5. The van der Waals surface area contributed by atoms with Crippen LogP contribution in [-0.2, 0) is 9.59 Å². The van der Waals surface area contributed by atoms with Crippen LogP contribution in [0.1, 0.15) is 36.4 Å². The standard InChI is InChI=1S/C19H17ClN2O3/c20-15-8-6-14(7-9-15)17-12-16(13-4-2-1-3-5-13)21-22(17)18(23)10-11-19(24)25/h1-9,17H,10-12H2,(H,24,25). The summed E-state index contributed by atoms with van der Waals surface area (Å²) in [6.07, 6.45) is 0.286. The summed E-state index contributed by atoms with van der Waals surface area (Å²) in [7, 11) is 0. The molecule has 2 aromatic rings. The molecule has 1 heterocycles. The summed E-state index contributed by atoms with van der Waals surface area (Å²) in [6, 6.07) is 16.7. The van der Waals surface area contributed by atoms with Crippen LogP contribution in [0, 0.1) is 0 Å². The van der Waals surface area contributed by atoms with E-state index in [0.717, 1.165) is 16.8 Å². The van der Waals surface area contributed by atoms with Crippen molar-refractivity contribution in [3.8, 4) is 0 Å². The summed E-state index contributed by atoms with van der Waals surface area (Å²) >= 11 is 5.95. The first-order valence-corrected chi connectivity index (χ1v) is 8.34. The Hall–Kier alpha value is -2.66. The highest BCUT2D eigenvalue weighted by Crippen LogP contribution is 2.33. The van der Waals surface area contributed by atoms with Gasteiger partial charge in [-0.25, -0.2) is 5.01 Å². The number of halogens is 1. The SMILES string of the molecule is O=C(O)CCC(=O)N1N=C(c2ccccc2)CC1c1ccc(Cl)cc1. The molecule has 5 nitrogen and oxygen atoms in total. The molecule has 1 amide bonds. The number of hydrazone groups is 1. The number of nitrogens with zero attached hydrogens (tertiary/aromatic N) is 2. The van der Waals surface area contributed by atoms with E-state index >= 15 is 0 Å². The number of carbonyl (C=O) groups is 2. The monoisotopic (exact) mass is 356 g/mol. The van der Waals surface area contributed by atoms with Crippen molar-refractivity contribution in [1.29, 1.82) is 0 Å². The number of benzene rings is 2. The minimum absolute atomic E-state index is 0.0784. The maximum atomic E-state index is 12.5. The lowest BCUT2D eigenvalue weighted by atomic mass is 9.98. The lowest BCUT2D eigenvalue weighted by Crippen LogP contribution is -2.27. The van der Waals surface area contributed by atoms with E-state index in [1.807, 2.05) is 42.5 Å². The molecule has 1 atom stereocenters. The summed E-state index contributed by atoms with van der Waals surface area (Å²) in [6.45, 7) is 0. The smallest absolute Gasteiger partial charge is 0.303 e. The van der Waals surface area contributed by atoms with Crippen molar-refractivity contribution in [2.45, 2.75) is 25.3 Å². The number of carbonyl (C=O) groups excluding carboxylic acids is 1. The number of amides is 1. The Labute approximate surface area is 150 Å². The van der Waals surface area contributed by atoms with Crippen molar-refractivity contribution in [3.05, 3.63) is 70.7 Å². The Bertz CT molecular complexity index is 803. The van der Waals surface area contributed by atoms with E-state index in [1.54, 1.807) is 12.1 Å². The molecule has 1 aliphatic rings. The normalized spacial score (nSPS) is 16.6. The number of hydrogen-bond donors (Lipinski definition) is 1. The topological polar surface area (TPSA) is 70.0 Å². The van der Waals surface area contributed by atoms with E-state index in [4.69, 9.17) is 16.7 Å². The van der Waals surface area contributed by atoms with Crippen molar-refractivity contribution in [1.82, 2.24) is 5.01 Å². The van der Waals surface area contributed by atoms with Crippen LogP contribution in [0.15, 0.2) is 59.7 Å². The maximum Gasteiger partial charge on any atom is 0.303 e. The Kier molecular flexibility index (Phi) is 5.14. The van der Waals surface area contributed by atoms with Gasteiger partial charge in [0.15, 0.2) is 0 Å². The predicted octanol–water partition coefficient (Wildman–Crippen LogP) is 3.88. The second kappa shape index (κ2) is 7.49. The Morgan fingerprint density at radius 2 is 1.76 bits per heavy atom. The molecule has 1 N–H and O–H groups in total. The average molecular weight is 357 g/mol. The third-order valence-electron chi connectivity index (χ3n) is 4.08. The van der Waals surface area contributed by atoms with E-state index < -0.39 is 5.97 Å². The molecule has 0 spiro atoms. The molecule has 1 aliphatic heterocycles. The van der Waals surface area contributed by atoms with Gasteiger partial charge in [0.25, 0.3) is 0 Å². The summed E-state index contributed by atoms with van der Waals surface area (Å²) in [5.41, 5.74) is 2.68. The molecule has 3 rings (SSSR count). The number of rotatable bonds is 5. The van der Waals surface area contributed by atoms with E-state index in [2.05, 4.69) is 5.10 Å². The lowest BCUT2D eigenvalue weighted by molar-refractivity contribution is -0.141. The van der Waals surface area contributed by atoms with Gasteiger partial charge in [0.05, 0.1) is 18.2 Å². The second-order valence-corrected chi connectivity index (χ2v) is 6.25. The zero-order chi connectivity index (χ0) is 17.8. The van der Waals surface area contributed by atoms with Crippen LogP contribution in [-0.4, -0.2) is 27.7 Å². The second-order valence-electron chi connectivity index (χ2n) is 5.82. The number of hydrogen-bond acceptors (Lipinski definition) is 3. The summed E-state index contributed by atoms with van der Waals surface area (Å²) in [4.78, 5) is 23.3. The first-order chi connectivity index (χ1) is 12.0. The van der Waals surface area contributed by atoms with Gasteiger partial charge in [0, 0.05) is 17.9 Å². The van der Waals surface area contributed by atoms with E-state index in [0.29, 0.717) is 11.4 Å². The fourth-order valence-electron chi connectivity index (χ4n) is 2.82. The van der Waals surface area contributed by atoms with Gasteiger partial charge < -0.3 is 5.11 Å². The van der Waals surface area contributed by atoms with E-state index in [1.165, 1.54) is 5.01 Å². The number of carboxylic acid groups (broad SMARTS) is 1. The molecule has 1 unspecified atom stereocenters. The zero-order valence-corrected chi connectivity index (χ0v) is 14.2. The minimum atomic E-state index is -0.997. The van der Waals surface area contributed by atoms with Crippen molar-refractivity contribution < 1.29 is 14.7 Å². The molecule has 0 aliphatic carbocycles. The molecule has 0 aromatic heterocycles. The molecule has 0 fully saturated rings. The molecule has 0 saturated carbocycles. The number of aliphatic carboxylic acids is 1. The van der Waals surface area contributed by atoms with Gasteiger partial charge in [0.1, 0.15) is 0 Å². The highest BCUT2D eigenvalue weighted by molar-refractivity contribution is 6.30. The van der Waals surface area contributed by atoms with Gasteiger partial charge in [-0.1, -0.05) is 54.1 Å². The Morgan fingerprint density at radius 1 is 1.08 bits per heavy atom. The molecular formula is C19H17ClN2O3. The molecule has 25 heavy (non-hydrogen) atoms. The first-order valence-electron chi connectivity index (χ1n) is 7.97. The van der Waals surface area contributed by atoms with Crippen molar-refractivity contribution >= 4 is 29.2 Å². The summed E-state index contributed by atoms with van der Waals surface area (Å²) in [5, 5.41) is 15.3. The Morgan fingerprint density at radius 3 is 2.40 bits per heavy atom. The highest BCUT2D eigenvalue weighted by Gasteiger charge is 2.32. The quantitative estimate of drug-likeness (QED) is 0.883. The number of carboxylic acids is 1.